The molecule has 0 saturated heterocycles. The van der Waals surface area contributed by atoms with Gasteiger partial charge in [-0.15, -0.1) is 0 Å². The van der Waals surface area contributed by atoms with Crippen LogP contribution in [0, 0.1) is 18.3 Å². The Morgan fingerprint density at radius 1 is 1.15 bits per heavy atom. The number of ether oxygens (including phenoxy) is 2. The fraction of sp³-hybridized carbons (Fsp3) is 0.150. The van der Waals surface area contributed by atoms with Crippen molar-refractivity contribution < 1.29 is 19.1 Å². The van der Waals surface area contributed by atoms with E-state index >= 15 is 0 Å². The predicted molar refractivity (Wildman–Crippen MR) is 97.7 cm³/mol. The summed E-state index contributed by atoms with van der Waals surface area (Å²) in [7, 11) is 1.44. The zero-order chi connectivity index (χ0) is 19.1. The summed E-state index contributed by atoms with van der Waals surface area (Å²) in [6.07, 6.45) is 1.44. The Hall–Kier alpha value is -3.59. The van der Waals surface area contributed by atoms with Crippen molar-refractivity contribution >= 4 is 23.6 Å². The summed E-state index contributed by atoms with van der Waals surface area (Å²) in [5, 5.41) is 12.0. The molecule has 1 amide bonds. The Morgan fingerprint density at radius 2 is 1.88 bits per heavy atom. The first-order chi connectivity index (χ1) is 12.4. The fourth-order valence-corrected chi connectivity index (χ4v) is 2.23. The average Bonchev–Trinajstić information content (AvgIpc) is 2.62. The number of nitrogens with zero attached hydrogens (tertiary/aromatic N) is 1. The number of esters is 1. The second-order valence-electron chi connectivity index (χ2n) is 5.44. The number of rotatable bonds is 5. The van der Waals surface area contributed by atoms with Gasteiger partial charge in [0.25, 0.3) is 5.91 Å². The van der Waals surface area contributed by atoms with E-state index in [1.54, 1.807) is 30.3 Å². The summed E-state index contributed by atoms with van der Waals surface area (Å²) in [6.45, 7) is 3.15. The van der Waals surface area contributed by atoms with Crippen LogP contribution in [0.3, 0.4) is 0 Å². The third-order valence-corrected chi connectivity index (χ3v) is 3.51. The van der Waals surface area contributed by atoms with Crippen LogP contribution in [0.15, 0.2) is 48.0 Å². The van der Waals surface area contributed by atoms with Crippen molar-refractivity contribution in [3.8, 4) is 17.6 Å². The molecular formula is C20H18N2O4. The minimum Gasteiger partial charge on any atom is -0.493 e. The molecule has 0 saturated carbocycles. The lowest BCUT2D eigenvalue weighted by Gasteiger charge is -2.09. The zero-order valence-corrected chi connectivity index (χ0v) is 14.7. The molecule has 0 bridgehead atoms. The van der Waals surface area contributed by atoms with Gasteiger partial charge in [-0.1, -0.05) is 24.3 Å². The van der Waals surface area contributed by atoms with Gasteiger partial charge < -0.3 is 14.8 Å². The fourth-order valence-electron chi connectivity index (χ4n) is 2.23. The topological polar surface area (TPSA) is 88.4 Å². The van der Waals surface area contributed by atoms with Crippen LogP contribution in [0.5, 0.6) is 11.5 Å². The number of hydrogen-bond donors (Lipinski definition) is 1. The number of hydrogen-bond acceptors (Lipinski definition) is 5. The van der Waals surface area contributed by atoms with Crippen molar-refractivity contribution in [2.24, 2.45) is 0 Å². The highest BCUT2D eigenvalue weighted by atomic mass is 16.6. The van der Waals surface area contributed by atoms with Crippen LogP contribution in [0.25, 0.3) is 6.08 Å². The van der Waals surface area contributed by atoms with Crippen molar-refractivity contribution in [1.82, 2.24) is 0 Å². The number of aryl methyl sites for hydroxylation is 1. The molecule has 0 heterocycles. The molecule has 6 heteroatoms. The Morgan fingerprint density at radius 3 is 2.50 bits per heavy atom. The van der Waals surface area contributed by atoms with Crippen LogP contribution < -0.4 is 14.8 Å². The van der Waals surface area contributed by atoms with E-state index in [-0.39, 0.29) is 11.3 Å². The van der Waals surface area contributed by atoms with Crippen LogP contribution in [0.4, 0.5) is 5.69 Å². The average molecular weight is 350 g/mol. The monoisotopic (exact) mass is 350 g/mol. The summed E-state index contributed by atoms with van der Waals surface area (Å²) in [6, 6.07) is 13.9. The second kappa shape index (κ2) is 8.49. The maximum absolute atomic E-state index is 12.4. The van der Waals surface area contributed by atoms with Gasteiger partial charge in [-0.2, -0.15) is 5.26 Å². The number of para-hydroxylation sites is 1. The summed E-state index contributed by atoms with van der Waals surface area (Å²) in [5.74, 6) is -0.391. The molecule has 0 aliphatic carbocycles. The minimum absolute atomic E-state index is 0.0597. The van der Waals surface area contributed by atoms with Gasteiger partial charge in [0.15, 0.2) is 11.5 Å². The summed E-state index contributed by atoms with van der Waals surface area (Å²) >= 11 is 0. The van der Waals surface area contributed by atoms with Crippen LogP contribution >= 0.6 is 0 Å². The van der Waals surface area contributed by atoms with Gasteiger partial charge in [-0.3, -0.25) is 9.59 Å². The standard InChI is InChI=1S/C20H18N2O4/c1-13-6-4-5-7-17(13)22-20(24)16(12-21)10-15-8-9-18(26-14(2)23)19(11-15)25-3/h4-11H,1-3H3,(H,22,24)/b16-10-. The van der Waals surface area contributed by atoms with E-state index < -0.39 is 11.9 Å². The Balaban J connectivity index is 2.28. The minimum atomic E-state index is -0.509. The first-order valence-electron chi connectivity index (χ1n) is 7.80. The van der Waals surface area contributed by atoms with E-state index in [1.165, 1.54) is 20.1 Å². The van der Waals surface area contributed by atoms with Gasteiger partial charge in [-0.05, 0) is 42.3 Å². The first-order valence-corrected chi connectivity index (χ1v) is 7.80. The number of nitriles is 1. The van der Waals surface area contributed by atoms with Gasteiger partial charge in [0.2, 0.25) is 0 Å². The molecule has 1 N–H and O–H groups in total. The van der Waals surface area contributed by atoms with Crippen molar-refractivity contribution in [3.63, 3.8) is 0 Å². The number of methoxy groups -OCH3 is 1. The van der Waals surface area contributed by atoms with Crippen LogP contribution in [-0.4, -0.2) is 19.0 Å². The van der Waals surface area contributed by atoms with Crippen molar-refractivity contribution in [2.45, 2.75) is 13.8 Å². The largest absolute Gasteiger partial charge is 0.493 e. The van der Waals surface area contributed by atoms with E-state index in [4.69, 9.17) is 9.47 Å². The number of anilines is 1. The Labute approximate surface area is 151 Å². The van der Waals surface area contributed by atoms with E-state index in [9.17, 15) is 14.9 Å². The zero-order valence-electron chi connectivity index (χ0n) is 14.7. The third kappa shape index (κ3) is 4.71. The van der Waals surface area contributed by atoms with Gasteiger partial charge in [0.1, 0.15) is 11.6 Å². The smallest absolute Gasteiger partial charge is 0.308 e. The second-order valence-corrected chi connectivity index (χ2v) is 5.44. The number of carbonyl (C=O) groups excluding carboxylic acids is 2. The molecule has 6 nitrogen and oxygen atoms in total. The highest BCUT2D eigenvalue weighted by Gasteiger charge is 2.12. The molecule has 2 aromatic rings. The van der Waals surface area contributed by atoms with Gasteiger partial charge in [0, 0.05) is 12.6 Å². The van der Waals surface area contributed by atoms with Gasteiger partial charge in [0.05, 0.1) is 7.11 Å². The molecule has 0 unspecified atom stereocenters. The maximum Gasteiger partial charge on any atom is 0.308 e. The molecule has 0 aliphatic rings. The van der Waals surface area contributed by atoms with Crippen molar-refractivity contribution in [2.75, 3.05) is 12.4 Å². The molecule has 0 aliphatic heterocycles. The molecule has 0 radical (unpaired) electrons. The molecule has 0 fully saturated rings. The lowest BCUT2D eigenvalue weighted by molar-refractivity contribution is -0.132. The lowest BCUT2D eigenvalue weighted by Crippen LogP contribution is -2.14. The molecule has 0 atom stereocenters. The number of amides is 1. The van der Waals surface area contributed by atoms with E-state index in [0.717, 1.165) is 5.56 Å². The Bertz CT molecular complexity index is 910. The summed E-state index contributed by atoms with van der Waals surface area (Å²) in [4.78, 5) is 23.5. The molecule has 2 rings (SSSR count). The summed E-state index contributed by atoms with van der Waals surface area (Å²) < 4.78 is 10.2. The van der Waals surface area contributed by atoms with Crippen LogP contribution in [0.1, 0.15) is 18.1 Å². The number of nitrogens with one attached hydrogen (secondary N) is 1. The molecular weight excluding hydrogens is 332 g/mol. The number of benzene rings is 2. The van der Waals surface area contributed by atoms with E-state index in [2.05, 4.69) is 5.32 Å². The third-order valence-electron chi connectivity index (χ3n) is 3.51. The highest BCUT2D eigenvalue weighted by molar-refractivity contribution is 6.10. The first kappa shape index (κ1) is 18.7. The number of carbonyl (C=O) groups is 2. The normalized spacial score (nSPS) is 10.6. The van der Waals surface area contributed by atoms with Gasteiger partial charge >= 0.3 is 5.97 Å². The van der Waals surface area contributed by atoms with Gasteiger partial charge in [-0.25, -0.2) is 0 Å². The Kier molecular flexibility index (Phi) is 6.12. The highest BCUT2D eigenvalue weighted by Crippen LogP contribution is 2.29. The molecule has 0 aromatic heterocycles. The van der Waals surface area contributed by atoms with E-state index in [1.807, 2.05) is 25.1 Å². The van der Waals surface area contributed by atoms with Crippen molar-refractivity contribution in [1.29, 1.82) is 5.26 Å². The molecule has 2 aromatic carbocycles. The van der Waals surface area contributed by atoms with Crippen LogP contribution in [-0.2, 0) is 9.59 Å². The molecule has 132 valence electrons. The molecule has 26 heavy (non-hydrogen) atoms. The molecule has 0 spiro atoms. The van der Waals surface area contributed by atoms with Crippen molar-refractivity contribution in [3.05, 3.63) is 59.2 Å². The summed E-state index contributed by atoms with van der Waals surface area (Å²) in [5.41, 5.74) is 2.04. The van der Waals surface area contributed by atoms with E-state index in [0.29, 0.717) is 17.0 Å². The lowest BCUT2D eigenvalue weighted by atomic mass is 10.1. The van der Waals surface area contributed by atoms with Crippen LogP contribution in [0.2, 0.25) is 0 Å². The SMILES string of the molecule is COc1cc(/C=C(/C#N)C(=O)Nc2ccccc2C)ccc1OC(C)=O. The maximum atomic E-state index is 12.4. The quantitative estimate of drug-likeness (QED) is 0.386. The predicted octanol–water partition coefficient (Wildman–Crippen LogP) is 3.47.